The fourth-order valence-electron chi connectivity index (χ4n) is 2.60. The molecular weight excluding hydrogens is 255 g/mol. The summed E-state index contributed by atoms with van der Waals surface area (Å²) >= 11 is 0. The van der Waals surface area contributed by atoms with E-state index in [1.54, 1.807) is 6.07 Å². The molecule has 0 aliphatic carbocycles. The van der Waals surface area contributed by atoms with Gasteiger partial charge in [0.05, 0.1) is 7.11 Å². The van der Waals surface area contributed by atoms with Crippen LogP contribution >= 0.6 is 0 Å². The normalized spacial score (nSPS) is 17.8. The number of likely N-dealkylation sites (N-methyl/N-ethyl adjacent to an activating group) is 1. The molecule has 0 amide bonds. The highest BCUT2D eigenvalue weighted by molar-refractivity contribution is 6.59. The lowest BCUT2D eigenvalue weighted by Crippen LogP contribution is -2.33. The fraction of sp³-hybridized carbons (Fsp3) is 0.571. The molecule has 0 bridgehead atoms. The van der Waals surface area contributed by atoms with Crippen LogP contribution in [0.15, 0.2) is 18.2 Å². The van der Waals surface area contributed by atoms with Crippen LogP contribution in [-0.2, 0) is 6.54 Å². The summed E-state index contributed by atoms with van der Waals surface area (Å²) in [7, 11) is 2.18. The molecule has 0 atom stereocenters. The predicted octanol–water partition coefficient (Wildman–Crippen LogP) is -0.487. The van der Waals surface area contributed by atoms with Crippen molar-refractivity contribution in [1.29, 1.82) is 0 Å². The van der Waals surface area contributed by atoms with E-state index < -0.39 is 7.12 Å². The molecule has 1 saturated heterocycles. The van der Waals surface area contributed by atoms with E-state index in [4.69, 9.17) is 4.74 Å². The number of ether oxygens (including phenoxy) is 1. The van der Waals surface area contributed by atoms with Gasteiger partial charge < -0.3 is 19.7 Å². The molecule has 110 valence electrons. The maximum atomic E-state index is 9.40. The van der Waals surface area contributed by atoms with Crippen LogP contribution in [0.25, 0.3) is 0 Å². The van der Waals surface area contributed by atoms with Crippen LogP contribution in [0.3, 0.4) is 0 Å². The van der Waals surface area contributed by atoms with Gasteiger partial charge in [-0.2, -0.15) is 0 Å². The third kappa shape index (κ3) is 3.96. The Labute approximate surface area is 120 Å². The van der Waals surface area contributed by atoms with E-state index in [0.29, 0.717) is 11.2 Å². The second-order valence-electron chi connectivity index (χ2n) is 5.38. The third-order valence-corrected chi connectivity index (χ3v) is 3.79. The summed E-state index contributed by atoms with van der Waals surface area (Å²) in [5, 5.41) is 18.8. The molecule has 6 heteroatoms. The van der Waals surface area contributed by atoms with Crippen LogP contribution in [0.1, 0.15) is 12.0 Å². The highest BCUT2D eigenvalue weighted by Crippen LogP contribution is 2.13. The maximum Gasteiger partial charge on any atom is 0.492 e. The molecular formula is C14H23BN2O3. The highest BCUT2D eigenvalue weighted by Gasteiger charge is 2.18. The zero-order valence-electron chi connectivity index (χ0n) is 12.2. The lowest BCUT2D eigenvalue weighted by molar-refractivity contribution is 0.269. The molecule has 0 aromatic heterocycles. The number of hydrogen-bond donors (Lipinski definition) is 2. The monoisotopic (exact) mass is 278 g/mol. The molecule has 1 aromatic rings. The van der Waals surface area contributed by atoms with Crippen molar-refractivity contribution in [3.8, 4) is 5.75 Å². The van der Waals surface area contributed by atoms with E-state index >= 15 is 0 Å². The van der Waals surface area contributed by atoms with Gasteiger partial charge in [0.25, 0.3) is 0 Å². The van der Waals surface area contributed by atoms with Crippen molar-refractivity contribution in [2.75, 3.05) is 40.3 Å². The van der Waals surface area contributed by atoms with Crippen molar-refractivity contribution in [1.82, 2.24) is 9.80 Å². The smallest absolute Gasteiger partial charge is 0.492 e. The first-order valence-electron chi connectivity index (χ1n) is 7.04. The van der Waals surface area contributed by atoms with Crippen molar-refractivity contribution >= 4 is 12.6 Å². The molecule has 1 aliphatic rings. The Balaban J connectivity index is 2.07. The molecule has 0 unspecified atom stereocenters. The van der Waals surface area contributed by atoms with Gasteiger partial charge in [0.1, 0.15) is 5.75 Å². The molecule has 1 heterocycles. The van der Waals surface area contributed by atoms with E-state index in [2.05, 4.69) is 16.8 Å². The molecule has 2 rings (SSSR count). The Hall–Kier alpha value is -1.08. The summed E-state index contributed by atoms with van der Waals surface area (Å²) < 4.78 is 5.15. The maximum absolute atomic E-state index is 9.40. The van der Waals surface area contributed by atoms with E-state index in [0.717, 1.165) is 38.3 Å². The van der Waals surface area contributed by atoms with E-state index in [-0.39, 0.29) is 0 Å². The minimum atomic E-state index is -1.50. The second kappa shape index (κ2) is 7.08. The topological polar surface area (TPSA) is 56.2 Å². The van der Waals surface area contributed by atoms with Gasteiger partial charge in [-0.15, -0.1) is 0 Å². The van der Waals surface area contributed by atoms with Crippen LogP contribution in [0.4, 0.5) is 0 Å². The van der Waals surface area contributed by atoms with E-state index in [1.807, 2.05) is 12.1 Å². The number of methoxy groups -OCH3 is 1. The van der Waals surface area contributed by atoms with Gasteiger partial charge in [0.2, 0.25) is 0 Å². The van der Waals surface area contributed by atoms with Crippen LogP contribution in [0.5, 0.6) is 5.75 Å². The Kier molecular flexibility index (Phi) is 5.42. The molecule has 2 N–H and O–H groups in total. The standard InChI is InChI=1S/C14H23BN2O3/c1-16-6-3-7-17(9-8-16)11-12-4-5-14(20-2)13(10-12)15(18)19/h4-5,10,18-19H,3,6-9,11H2,1-2H3. The minimum Gasteiger partial charge on any atom is -0.497 e. The average molecular weight is 278 g/mol. The van der Waals surface area contributed by atoms with Crippen LogP contribution < -0.4 is 10.2 Å². The summed E-state index contributed by atoms with van der Waals surface area (Å²) in [5.41, 5.74) is 1.51. The largest absolute Gasteiger partial charge is 0.497 e. The predicted molar refractivity (Wildman–Crippen MR) is 80.2 cm³/mol. The molecule has 1 fully saturated rings. The number of rotatable bonds is 4. The van der Waals surface area contributed by atoms with Gasteiger partial charge >= 0.3 is 7.12 Å². The highest BCUT2D eigenvalue weighted by atomic mass is 16.5. The van der Waals surface area contributed by atoms with Crippen molar-refractivity contribution in [3.63, 3.8) is 0 Å². The lowest BCUT2D eigenvalue weighted by atomic mass is 9.78. The lowest BCUT2D eigenvalue weighted by Gasteiger charge is -2.21. The van der Waals surface area contributed by atoms with Crippen molar-refractivity contribution in [3.05, 3.63) is 23.8 Å². The zero-order chi connectivity index (χ0) is 14.5. The first kappa shape index (κ1) is 15.3. The van der Waals surface area contributed by atoms with Gasteiger partial charge in [-0.05, 0) is 38.2 Å². The van der Waals surface area contributed by atoms with Gasteiger partial charge in [-0.25, -0.2) is 0 Å². The number of nitrogens with zero attached hydrogens (tertiary/aromatic N) is 2. The number of hydrogen-bond acceptors (Lipinski definition) is 5. The fourth-order valence-corrected chi connectivity index (χ4v) is 2.60. The SMILES string of the molecule is COc1ccc(CN2CCCN(C)CC2)cc1B(O)O. The molecule has 1 aromatic carbocycles. The summed E-state index contributed by atoms with van der Waals surface area (Å²) in [4.78, 5) is 4.75. The first-order chi connectivity index (χ1) is 9.60. The van der Waals surface area contributed by atoms with Gasteiger partial charge in [0, 0.05) is 25.1 Å². The quantitative estimate of drug-likeness (QED) is 0.728. The first-order valence-corrected chi connectivity index (χ1v) is 7.04. The van der Waals surface area contributed by atoms with Crippen LogP contribution in [0, 0.1) is 0 Å². The molecule has 20 heavy (non-hydrogen) atoms. The van der Waals surface area contributed by atoms with Gasteiger partial charge in [-0.3, -0.25) is 4.90 Å². The van der Waals surface area contributed by atoms with Crippen molar-refractivity contribution < 1.29 is 14.8 Å². The van der Waals surface area contributed by atoms with Crippen molar-refractivity contribution in [2.45, 2.75) is 13.0 Å². The molecule has 1 aliphatic heterocycles. The van der Waals surface area contributed by atoms with E-state index in [9.17, 15) is 10.0 Å². The summed E-state index contributed by atoms with van der Waals surface area (Å²) in [6, 6.07) is 5.60. The van der Waals surface area contributed by atoms with Crippen molar-refractivity contribution in [2.24, 2.45) is 0 Å². The third-order valence-electron chi connectivity index (χ3n) is 3.79. The Morgan fingerprint density at radius 1 is 1.20 bits per heavy atom. The van der Waals surface area contributed by atoms with Crippen LogP contribution in [0.2, 0.25) is 0 Å². The second-order valence-corrected chi connectivity index (χ2v) is 5.38. The van der Waals surface area contributed by atoms with Gasteiger partial charge in [-0.1, -0.05) is 12.1 Å². The molecule has 0 saturated carbocycles. The summed E-state index contributed by atoms with van der Waals surface area (Å²) in [6.45, 7) is 5.16. The summed E-state index contributed by atoms with van der Waals surface area (Å²) in [6.07, 6.45) is 1.17. The molecule has 5 nitrogen and oxygen atoms in total. The van der Waals surface area contributed by atoms with Gasteiger partial charge in [0.15, 0.2) is 0 Å². The number of benzene rings is 1. The zero-order valence-corrected chi connectivity index (χ0v) is 12.2. The Bertz CT molecular complexity index is 442. The van der Waals surface area contributed by atoms with E-state index in [1.165, 1.54) is 13.5 Å². The molecule has 0 radical (unpaired) electrons. The summed E-state index contributed by atoms with van der Waals surface area (Å²) in [5.74, 6) is 0.513. The van der Waals surface area contributed by atoms with Crippen LogP contribution in [-0.4, -0.2) is 67.3 Å². The Morgan fingerprint density at radius 2 is 2.00 bits per heavy atom. The molecule has 0 spiro atoms. The minimum absolute atomic E-state index is 0.428. The Morgan fingerprint density at radius 3 is 2.70 bits per heavy atom. The average Bonchev–Trinajstić information content (AvgIpc) is 2.63.